The van der Waals surface area contributed by atoms with Gasteiger partial charge in [-0.15, -0.1) is 0 Å². The number of aromatic nitrogens is 4. The summed E-state index contributed by atoms with van der Waals surface area (Å²) in [5.41, 5.74) is 4.65. The minimum atomic E-state index is 0.365. The monoisotopic (exact) mass is 414 g/mol. The molecule has 0 unspecified atom stereocenters. The number of rotatable bonds is 5. The summed E-state index contributed by atoms with van der Waals surface area (Å²) in [7, 11) is 1.65. The van der Waals surface area contributed by atoms with Gasteiger partial charge in [-0.05, 0) is 58.7 Å². The number of benzene rings is 2. The second-order valence-electron chi connectivity index (χ2n) is 7.30. The van der Waals surface area contributed by atoms with E-state index in [9.17, 15) is 0 Å². The van der Waals surface area contributed by atoms with Crippen molar-refractivity contribution in [3.63, 3.8) is 0 Å². The number of methoxy groups -OCH3 is 1. The maximum atomic E-state index is 6.45. The fraction of sp³-hybridized carbons (Fsp3) is 0.167. The quantitative estimate of drug-likeness (QED) is 0.429. The third-order valence-corrected chi connectivity index (χ3v) is 5.76. The van der Waals surface area contributed by atoms with Gasteiger partial charge in [-0.25, -0.2) is 19.9 Å². The van der Waals surface area contributed by atoms with Gasteiger partial charge in [-0.2, -0.15) is 0 Å². The molecule has 0 aliphatic heterocycles. The second-order valence-corrected chi connectivity index (χ2v) is 7.71. The smallest absolute Gasteiger partial charge is 0.197 e. The first-order valence-electron chi connectivity index (χ1n) is 9.77. The van der Waals surface area contributed by atoms with Crippen molar-refractivity contribution >= 4 is 11.6 Å². The Bertz CT molecular complexity index is 1170. The van der Waals surface area contributed by atoms with Crippen LogP contribution < -0.4 is 4.74 Å². The number of hydrogen-bond acceptors (Lipinski definition) is 5. The summed E-state index contributed by atoms with van der Waals surface area (Å²) in [6.07, 6.45) is 8.19. The van der Waals surface area contributed by atoms with Crippen molar-refractivity contribution in [3.8, 4) is 28.5 Å². The van der Waals surface area contributed by atoms with Gasteiger partial charge in [0.15, 0.2) is 11.6 Å². The van der Waals surface area contributed by atoms with E-state index in [1.54, 1.807) is 25.6 Å². The predicted octanol–water partition coefficient (Wildman–Crippen LogP) is 5.53. The summed E-state index contributed by atoms with van der Waals surface area (Å²) < 4.78 is 5.49. The van der Waals surface area contributed by atoms with E-state index < -0.39 is 0 Å². The maximum absolute atomic E-state index is 6.45. The summed E-state index contributed by atoms with van der Waals surface area (Å²) in [6.45, 7) is 0. The Morgan fingerprint density at radius 1 is 0.867 bits per heavy atom. The molecular formula is C24H19ClN4O. The van der Waals surface area contributed by atoms with E-state index >= 15 is 0 Å². The molecule has 0 radical (unpaired) electrons. The zero-order valence-corrected chi connectivity index (χ0v) is 17.1. The van der Waals surface area contributed by atoms with Gasteiger partial charge < -0.3 is 4.74 Å². The first-order valence-corrected chi connectivity index (χ1v) is 10.1. The molecule has 5 nitrogen and oxygen atoms in total. The third kappa shape index (κ3) is 3.53. The minimum Gasteiger partial charge on any atom is -0.495 e. The van der Waals surface area contributed by atoms with E-state index in [-0.39, 0.29) is 0 Å². The highest BCUT2D eigenvalue weighted by molar-refractivity contribution is 6.32. The summed E-state index contributed by atoms with van der Waals surface area (Å²) in [6, 6.07) is 16.2. The first-order chi connectivity index (χ1) is 14.7. The van der Waals surface area contributed by atoms with Crippen LogP contribution in [-0.2, 0) is 0 Å². The molecule has 2 aromatic carbocycles. The molecule has 1 saturated carbocycles. The molecule has 2 heterocycles. The lowest BCUT2D eigenvalue weighted by atomic mass is 9.95. The van der Waals surface area contributed by atoms with Crippen LogP contribution in [0.5, 0.6) is 5.75 Å². The van der Waals surface area contributed by atoms with Crippen LogP contribution >= 0.6 is 11.6 Å². The maximum Gasteiger partial charge on any atom is 0.197 e. The summed E-state index contributed by atoms with van der Waals surface area (Å²) >= 11 is 6.45. The average Bonchev–Trinajstić information content (AvgIpc) is 3.61. The van der Waals surface area contributed by atoms with Crippen LogP contribution in [0.4, 0.5) is 0 Å². The molecule has 4 aromatic rings. The Hall–Kier alpha value is -3.31. The zero-order valence-electron chi connectivity index (χ0n) is 16.4. The molecule has 0 saturated heterocycles. The van der Waals surface area contributed by atoms with Crippen molar-refractivity contribution in [2.45, 2.75) is 18.3 Å². The third-order valence-electron chi connectivity index (χ3n) is 5.46. The van der Waals surface area contributed by atoms with Crippen molar-refractivity contribution in [1.82, 2.24) is 19.9 Å². The molecule has 0 amide bonds. The highest BCUT2D eigenvalue weighted by atomic mass is 35.5. The highest BCUT2D eigenvalue weighted by Gasteiger charge is 2.41. The molecule has 1 aliphatic carbocycles. The van der Waals surface area contributed by atoms with Crippen molar-refractivity contribution in [1.29, 1.82) is 0 Å². The molecule has 0 N–H and O–H groups in total. The van der Waals surface area contributed by atoms with Crippen LogP contribution in [-0.4, -0.2) is 27.0 Å². The summed E-state index contributed by atoms with van der Waals surface area (Å²) in [5.74, 6) is 2.50. The molecule has 148 valence electrons. The Morgan fingerprint density at radius 3 is 2.27 bits per heavy atom. The Morgan fingerprint density at radius 2 is 1.57 bits per heavy atom. The van der Waals surface area contributed by atoms with Gasteiger partial charge >= 0.3 is 0 Å². The molecular weight excluding hydrogens is 396 g/mol. The van der Waals surface area contributed by atoms with Gasteiger partial charge in [0, 0.05) is 24.8 Å². The van der Waals surface area contributed by atoms with Crippen LogP contribution in [0.15, 0.2) is 73.3 Å². The lowest BCUT2D eigenvalue weighted by molar-refractivity contribution is 0.414. The molecule has 2 aromatic heterocycles. The fourth-order valence-corrected chi connectivity index (χ4v) is 4.11. The Balaban J connectivity index is 1.46. The molecule has 0 bridgehead atoms. The minimum absolute atomic E-state index is 0.365. The SMILES string of the molecule is COc1cc([C@@H]2C[C@H]2c2cnc(-c3ncccn3)nc2)c(-c2ccccc2)cc1Cl. The average molecular weight is 415 g/mol. The summed E-state index contributed by atoms with van der Waals surface area (Å²) in [4.78, 5) is 17.4. The number of hydrogen-bond donors (Lipinski definition) is 0. The number of nitrogens with zero attached hydrogens (tertiary/aromatic N) is 4. The van der Waals surface area contributed by atoms with Crippen molar-refractivity contribution in [2.75, 3.05) is 7.11 Å². The van der Waals surface area contributed by atoms with E-state index in [0.717, 1.165) is 23.1 Å². The normalized spacial score (nSPS) is 17.5. The second kappa shape index (κ2) is 7.84. The van der Waals surface area contributed by atoms with Crippen molar-refractivity contribution in [2.24, 2.45) is 0 Å². The van der Waals surface area contributed by atoms with E-state index in [4.69, 9.17) is 16.3 Å². The summed E-state index contributed by atoms with van der Waals surface area (Å²) in [5, 5.41) is 0.618. The largest absolute Gasteiger partial charge is 0.495 e. The Labute approximate surface area is 179 Å². The number of halogens is 1. The van der Waals surface area contributed by atoms with Crippen LogP contribution in [0.2, 0.25) is 5.02 Å². The highest BCUT2D eigenvalue weighted by Crippen LogP contribution is 2.57. The van der Waals surface area contributed by atoms with E-state index in [1.165, 1.54) is 5.56 Å². The van der Waals surface area contributed by atoms with Gasteiger partial charge in [-0.3, -0.25) is 0 Å². The van der Waals surface area contributed by atoms with E-state index in [0.29, 0.717) is 34.3 Å². The van der Waals surface area contributed by atoms with Crippen LogP contribution in [0.25, 0.3) is 22.8 Å². The van der Waals surface area contributed by atoms with Gasteiger partial charge in [0.1, 0.15) is 5.75 Å². The standard InChI is InChI=1S/C24H19ClN4O/c1-30-22-12-20(18(11-21(22)25)15-6-3-2-4-7-15)19-10-17(19)16-13-28-24(29-14-16)23-26-8-5-9-27-23/h2-9,11-14,17,19H,10H2,1H3/t17-,19+/m0/s1. The lowest BCUT2D eigenvalue weighted by Crippen LogP contribution is -1.96. The zero-order chi connectivity index (χ0) is 20.5. The fourth-order valence-electron chi connectivity index (χ4n) is 3.87. The molecule has 1 aliphatic rings. The van der Waals surface area contributed by atoms with E-state index in [1.807, 2.05) is 36.7 Å². The van der Waals surface area contributed by atoms with E-state index in [2.05, 4.69) is 38.1 Å². The van der Waals surface area contributed by atoms with Crippen LogP contribution in [0.1, 0.15) is 29.4 Å². The van der Waals surface area contributed by atoms with Gasteiger partial charge in [-0.1, -0.05) is 41.9 Å². The van der Waals surface area contributed by atoms with Gasteiger partial charge in [0.25, 0.3) is 0 Å². The first kappa shape index (κ1) is 18.7. The Kier molecular flexibility index (Phi) is 4.89. The van der Waals surface area contributed by atoms with Crippen LogP contribution in [0.3, 0.4) is 0 Å². The predicted molar refractivity (Wildman–Crippen MR) is 117 cm³/mol. The molecule has 1 fully saturated rings. The van der Waals surface area contributed by atoms with Gasteiger partial charge in [0.2, 0.25) is 0 Å². The van der Waals surface area contributed by atoms with Crippen molar-refractivity contribution < 1.29 is 4.74 Å². The van der Waals surface area contributed by atoms with Gasteiger partial charge in [0.05, 0.1) is 12.1 Å². The molecule has 2 atom stereocenters. The number of ether oxygens (including phenoxy) is 1. The topological polar surface area (TPSA) is 60.8 Å². The molecule has 6 heteroatoms. The van der Waals surface area contributed by atoms with Crippen molar-refractivity contribution in [3.05, 3.63) is 89.5 Å². The lowest BCUT2D eigenvalue weighted by Gasteiger charge is -2.14. The van der Waals surface area contributed by atoms with Crippen LogP contribution in [0, 0.1) is 0 Å². The molecule has 0 spiro atoms. The molecule has 30 heavy (non-hydrogen) atoms. The molecule has 5 rings (SSSR count).